The smallest absolute Gasteiger partial charge is 0.0319 e. The third-order valence-electron chi connectivity index (χ3n) is 3.50. The van der Waals surface area contributed by atoms with Crippen LogP contribution in [-0.2, 0) is 5.41 Å². The van der Waals surface area contributed by atoms with Crippen molar-refractivity contribution in [2.45, 2.75) is 44.6 Å². The summed E-state index contributed by atoms with van der Waals surface area (Å²) >= 11 is 5.46. The van der Waals surface area contributed by atoms with E-state index in [2.05, 4.69) is 45.9 Å². The van der Waals surface area contributed by atoms with E-state index < -0.39 is 0 Å². The Hall–Kier alpha value is 0.140. The van der Waals surface area contributed by atoms with Crippen LogP contribution in [0.25, 0.3) is 0 Å². The molecule has 3 heteroatoms. The van der Waals surface area contributed by atoms with Gasteiger partial charge in [0, 0.05) is 15.9 Å². The van der Waals surface area contributed by atoms with Crippen molar-refractivity contribution in [2.24, 2.45) is 0 Å². The second-order valence-corrected chi connectivity index (χ2v) is 6.29. The van der Waals surface area contributed by atoms with Crippen molar-refractivity contribution in [2.75, 3.05) is 6.54 Å². The highest BCUT2D eigenvalue weighted by Gasteiger charge is 2.37. The van der Waals surface area contributed by atoms with E-state index in [1.165, 1.54) is 29.3 Å². The molecule has 0 radical (unpaired) electrons. The molecule has 0 aliphatic heterocycles. The van der Waals surface area contributed by atoms with Crippen LogP contribution in [0.1, 0.15) is 38.7 Å². The van der Waals surface area contributed by atoms with Gasteiger partial charge in [-0.3, -0.25) is 0 Å². The molecule has 2 unspecified atom stereocenters. The van der Waals surface area contributed by atoms with Crippen molar-refractivity contribution in [3.8, 4) is 0 Å². The summed E-state index contributed by atoms with van der Waals surface area (Å²) in [5.74, 6) is 0. The van der Waals surface area contributed by atoms with E-state index in [1.54, 1.807) is 11.3 Å². The first kappa shape index (κ1) is 11.6. The predicted octanol–water partition coefficient (Wildman–Crippen LogP) is 3.93. The van der Waals surface area contributed by atoms with Crippen molar-refractivity contribution in [3.63, 3.8) is 0 Å². The summed E-state index contributed by atoms with van der Waals surface area (Å²) in [7, 11) is 0. The van der Waals surface area contributed by atoms with Crippen LogP contribution in [0.5, 0.6) is 0 Å². The Morgan fingerprint density at radius 3 is 3.00 bits per heavy atom. The van der Waals surface area contributed by atoms with E-state index in [0.29, 0.717) is 11.5 Å². The van der Waals surface area contributed by atoms with Gasteiger partial charge in [-0.15, -0.1) is 0 Å². The highest BCUT2D eigenvalue weighted by molar-refractivity contribution is 9.10. The Morgan fingerprint density at radius 1 is 1.60 bits per heavy atom. The summed E-state index contributed by atoms with van der Waals surface area (Å²) in [6.07, 6.45) is 3.89. The molecule has 1 aliphatic carbocycles. The normalized spacial score (nSPS) is 31.0. The van der Waals surface area contributed by atoms with Crippen molar-refractivity contribution < 1.29 is 0 Å². The number of hydrogen-bond acceptors (Lipinski definition) is 2. The molecular weight excluding hydrogens is 270 g/mol. The van der Waals surface area contributed by atoms with E-state index >= 15 is 0 Å². The zero-order valence-electron chi connectivity index (χ0n) is 9.35. The van der Waals surface area contributed by atoms with E-state index in [-0.39, 0.29) is 0 Å². The Morgan fingerprint density at radius 2 is 2.40 bits per heavy atom. The topological polar surface area (TPSA) is 12.0 Å². The van der Waals surface area contributed by atoms with Crippen LogP contribution in [0.4, 0.5) is 0 Å². The Kier molecular flexibility index (Phi) is 3.53. The molecular formula is C12H18BrNS. The fourth-order valence-electron chi connectivity index (χ4n) is 2.66. The van der Waals surface area contributed by atoms with Gasteiger partial charge in [0.15, 0.2) is 0 Å². The minimum atomic E-state index is 0.381. The first-order valence-electron chi connectivity index (χ1n) is 5.61. The van der Waals surface area contributed by atoms with Gasteiger partial charge in [0.1, 0.15) is 0 Å². The number of nitrogens with one attached hydrogen (secondary N) is 1. The van der Waals surface area contributed by atoms with Gasteiger partial charge in [-0.05, 0) is 58.1 Å². The molecule has 2 atom stereocenters. The molecule has 1 heterocycles. The summed E-state index contributed by atoms with van der Waals surface area (Å²) in [5.41, 5.74) is 1.89. The molecule has 1 aliphatic rings. The van der Waals surface area contributed by atoms with E-state index in [0.717, 1.165) is 6.54 Å². The highest BCUT2D eigenvalue weighted by Crippen LogP contribution is 2.44. The van der Waals surface area contributed by atoms with Gasteiger partial charge in [-0.2, -0.15) is 11.3 Å². The SMILES string of the molecule is CCNC1CCC(C)(c2cscc2Br)C1. The summed E-state index contributed by atoms with van der Waals surface area (Å²) in [6, 6.07) is 0.715. The molecule has 1 aromatic heterocycles. The number of thiophene rings is 1. The maximum Gasteiger partial charge on any atom is 0.0319 e. The fourth-order valence-corrected chi connectivity index (χ4v) is 4.59. The summed E-state index contributed by atoms with van der Waals surface area (Å²) in [5, 5.41) is 8.07. The highest BCUT2D eigenvalue weighted by atomic mass is 79.9. The number of halogens is 1. The van der Waals surface area contributed by atoms with E-state index in [1.807, 2.05) is 0 Å². The predicted molar refractivity (Wildman–Crippen MR) is 70.7 cm³/mol. The Labute approximate surface area is 104 Å². The second-order valence-electron chi connectivity index (χ2n) is 4.69. The molecule has 1 aromatic rings. The van der Waals surface area contributed by atoms with Gasteiger partial charge in [0.2, 0.25) is 0 Å². The molecule has 2 rings (SSSR count). The van der Waals surface area contributed by atoms with E-state index in [9.17, 15) is 0 Å². The van der Waals surface area contributed by atoms with Crippen molar-refractivity contribution >= 4 is 27.3 Å². The molecule has 0 saturated heterocycles. The lowest BCUT2D eigenvalue weighted by Crippen LogP contribution is -2.28. The molecule has 1 nitrogen and oxygen atoms in total. The summed E-state index contributed by atoms with van der Waals surface area (Å²) in [6.45, 7) is 5.68. The Bertz CT molecular complexity index is 336. The molecule has 0 spiro atoms. The van der Waals surface area contributed by atoms with Crippen molar-refractivity contribution in [1.29, 1.82) is 0 Å². The van der Waals surface area contributed by atoms with Gasteiger partial charge < -0.3 is 5.32 Å². The first-order chi connectivity index (χ1) is 7.15. The fraction of sp³-hybridized carbons (Fsp3) is 0.667. The molecule has 0 aromatic carbocycles. The van der Waals surface area contributed by atoms with Gasteiger partial charge in [0.05, 0.1) is 0 Å². The summed E-state index contributed by atoms with van der Waals surface area (Å²) in [4.78, 5) is 0. The third-order valence-corrected chi connectivity index (χ3v) is 5.20. The van der Waals surface area contributed by atoms with Gasteiger partial charge >= 0.3 is 0 Å². The third kappa shape index (κ3) is 2.29. The van der Waals surface area contributed by atoms with Crippen LogP contribution in [0.2, 0.25) is 0 Å². The van der Waals surface area contributed by atoms with Gasteiger partial charge in [0.25, 0.3) is 0 Å². The van der Waals surface area contributed by atoms with Crippen LogP contribution in [0.15, 0.2) is 15.2 Å². The molecule has 1 saturated carbocycles. The van der Waals surface area contributed by atoms with Gasteiger partial charge in [-0.25, -0.2) is 0 Å². The quantitative estimate of drug-likeness (QED) is 0.888. The minimum absolute atomic E-state index is 0.381. The molecule has 15 heavy (non-hydrogen) atoms. The molecule has 84 valence electrons. The average molecular weight is 288 g/mol. The minimum Gasteiger partial charge on any atom is -0.314 e. The van der Waals surface area contributed by atoms with Crippen molar-refractivity contribution in [1.82, 2.24) is 5.32 Å². The van der Waals surface area contributed by atoms with Crippen LogP contribution in [-0.4, -0.2) is 12.6 Å². The lowest BCUT2D eigenvalue weighted by atomic mass is 9.82. The van der Waals surface area contributed by atoms with E-state index in [4.69, 9.17) is 0 Å². The lowest BCUT2D eigenvalue weighted by molar-refractivity contribution is 0.457. The molecule has 0 bridgehead atoms. The van der Waals surface area contributed by atoms with Crippen LogP contribution < -0.4 is 5.32 Å². The first-order valence-corrected chi connectivity index (χ1v) is 7.35. The number of hydrogen-bond donors (Lipinski definition) is 1. The standard InChI is InChI=1S/C12H18BrNS/c1-3-14-9-4-5-12(2,6-9)10-7-15-8-11(10)13/h7-9,14H,3-6H2,1-2H3. The molecule has 1 fully saturated rings. The zero-order valence-corrected chi connectivity index (χ0v) is 11.7. The summed E-state index contributed by atoms with van der Waals surface area (Å²) < 4.78 is 1.30. The van der Waals surface area contributed by atoms with Crippen LogP contribution >= 0.6 is 27.3 Å². The Balaban J connectivity index is 2.13. The van der Waals surface area contributed by atoms with Gasteiger partial charge in [-0.1, -0.05) is 13.8 Å². The molecule has 0 amide bonds. The maximum absolute atomic E-state index is 3.66. The number of rotatable bonds is 3. The molecule has 1 N–H and O–H groups in total. The largest absolute Gasteiger partial charge is 0.314 e. The maximum atomic E-state index is 3.66. The monoisotopic (exact) mass is 287 g/mol. The van der Waals surface area contributed by atoms with Crippen molar-refractivity contribution in [3.05, 3.63) is 20.8 Å². The zero-order chi connectivity index (χ0) is 10.9. The van der Waals surface area contributed by atoms with Crippen LogP contribution in [0.3, 0.4) is 0 Å². The lowest BCUT2D eigenvalue weighted by Gasteiger charge is -2.24. The average Bonchev–Trinajstić information content (AvgIpc) is 2.75. The van der Waals surface area contributed by atoms with Crippen LogP contribution in [0, 0.1) is 0 Å². The second kappa shape index (κ2) is 4.56.